The van der Waals surface area contributed by atoms with Crippen molar-refractivity contribution in [3.63, 3.8) is 0 Å². The molecule has 6 nitrogen and oxygen atoms in total. The summed E-state index contributed by atoms with van der Waals surface area (Å²) >= 11 is 1.61. The number of hydrogen-bond acceptors (Lipinski definition) is 7. The van der Waals surface area contributed by atoms with Gasteiger partial charge >= 0.3 is 0 Å². The molecule has 0 amide bonds. The van der Waals surface area contributed by atoms with E-state index in [4.69, 9.17) is 15.3 Å². The summed E-state index contributed by atoms with van der Waals surface area (Å²) in [6.07, 6.45) is 1.99. The van der Waals surface area contributed by atoms with Crippen molar-refractivity contribution in [1.29, 1.82) is 0 Å². The summed E-state index contributed by atoms with van der Waals surface area (Å²) in [6, 6.07) is 9.38. The van der Waals surface area contributed by atoms with E-state index in [1.807, 2.05) is 30.5 Å². The summed E-state index contributed by atoms with van der Waals surface area (Å²) in [4.78, 5) is 9.48. The molecule has 0 aliphatic rings. The first-order valence-electron chi connectivity index (χ1n) is 5.91. The number of aromatic nitrogens is 2. The molecule has 0 aliphatic heterocycles. The molecule has 0 unspecified atom stereocenters. The van der Waals surface area contributed by atoms with Crippen molar-refractivity contribution >= 4 is 17.6 Å². The van der Waals surface area contributed by atoms with E-state index >= 15 is 0 Å². The highest BCUT2D eigenvalue weighted by Gasteiger charge is 2.08. The van der Waals surface area contributed by atoms with Crippen molar-refractivity contribution in [2.45, 2.75) is 11.5 Å². The molecule has 2 aromatic rings. The van der Waals surface area contributed by atoms with E-state index in [1.54, 1.807) is 24.9 Å². The second kappa shape index (κ2) is 7.09. The van der Waals surface area contributed by atoms with Gasteiger partial charge in [-0.2, -0.15) is 4.98 Å². The second-order valence-corrected chi connectivity index (χ2v) is 4.69. The largest absolute Gasteiger partial charge is 0.438 e. The van der Waals surface area contributed by atoms with Gasteiger partial charge in [-0.3, -0.25) is 0 Å². The van der Waals surface area contributed by atoms with Crippen molar-refractivity contribution in [2.24, 2.45) is 5.84 Å². The normalized spacial score (nSPS) is 10.3. The number of rotatable bonds is 6. The number of anilines is 1. The first-order valence-corrected chi connectivity index (χ1v) is 7.13. The van der Waals surface area contributed by atoms with Crippen LogP contribution in [-0.2, 0) is 11.3 Å². The zero-order valence-corrected chi connectivity index (χ0v) is 12.1. The number of thioether (sulfide) groups is 1. The van der Waals surface area contributed by atoms with E-state index in [0.717, 1.165) is 10.6 Å². The Morgan fingerprint density at radius 1 is 1.30 bits per heavy atom. The highest BCUT2D eigenvalue weighted by atomic mass is 32.2. The summed E-state index contributed by atoms with van der Waals surface area (Å²) < 4.78 is 10.8. The number of ether oxygens (including phenoxy) is 2. The van der Waals surface area contributed by atoms with E-state index in [2.05, 4.69) is 15.4 Å². The molecule has 7 heteroatoms. The van der Waals surface area contributed by atoms with E-state index in [9.17, 15) is 0 Å². The van der Waals surface area contributed by atoms with Crippen LogP contribution in [0.2, 0.25) is 0 Å². The number of nitrogen functional groups attached to an aromatic ring is 1. The predicted octanol–water partition coefficient (Wildman–Crippen LogP) is 2.42. The fourth-order valence-corrected chi connectivity index (χ4v) is 2.13. The molecule has 0 atom stereocenters. The Balaban J connectivity index is 2.30. The van der Waals surface area contributed by atoms with Crippen molar-refractivity contribution in [3.8, 4) is 11.6 Å². The maximum atomic E-state index is 5.81. The Morgan fingerprint density at radius 2 is 2.10 bits per heavy atom. The Labute approximate surface area is 121 Å². The van der Waals surface area contributed by atoms with Gasteiger partial charge < -0.3 is 14.9 Å². The van der Waals surface area contributed by atoms with Crippen LogP contribution in [0, 0.1) is 0 Å². The fourth-order valence-electron chi connectivity index (χ4n) is 1.61. The molecule has 0 aliphatic carbocycles. The number of para-hydroxylation sites is 1. The van der Waals surface area contributed by atoms with Crippen LogP contribution >= 0.6 is 11.8 Å². The molecular weight excluding hydrogens is 276 g/mol. The van der Waals surface area contributed by atoms with Crippen LogP contribution in [-0.4, -0.2) is 23.3 Å². The molecule has 0 bridgehead atoms. The van der Waals surface area contributed by atoms with Crippen LogP contribution in [0.4, 0.5) is 5.82 Å². The number of benzene rings is 1. The summed E-state index contributed by atoms with van der Waals surface area (Å²) in [7, 11) is 1.58. The van der Waals surface area contributed by atoms with Gasteiger partial charge in [0.05, 0.1) is 0 Å². The van der Waals surface area contributed by atoms with Crippen LogP contribution < -0.4 is 16.0 Å². The van der Waals surface area contributed by atoms with Crippen LogP contribution in [0.15, 0.2) is 35.2 Å². The second-order valence-electron chi connectivity index (χ2n) is 3.84. The highest BCUT2D eigenvalue weighted by molar-refractivity contribution is 7.98. The predicted molar refractivity (Wildman–Crippen MR) is 78.9 cm³/mol. The lowest BCUT2D eigenvalue weighted by Gasteiger charge is -2.10. The van der Waals surface area contributed by atoms with Gasteiger partial charge in [0.15, 0.2) is 5.82 Å². The fraction of sp³-hybridized carbons (Fsp3) is 0.231. The minimum atomic E-state index is 0.288. The SMILES string of the molecule is COCc1nc(NN)cc(Oc2ccccc2SC)n1. The van der Waals surface area contributed by atoms with Gasteiger partial charge in [0.1, 0.15) is 18.2 Å². The molecule has 0 saturated heterocycles. The third-order valence-corrected chi connectivity index (χ3v) is 3.23. The first-order chi connectivity index (χ1) is 9.76. The summed E-state index contributed by atoms with van der Waals surface area (Å²) in [6.45, 7) is 0.288. The lowest BCUT2D eigenvalue weighted by Crippen LogP contribution is -2.11. The molecule has 1 aromatic carbocycles. The van der Waals surface area contributed by atoms with Crippen molar-refractivity contribution in [2.75, 3.05) is 18.8 Å². The van der Waals surface area contributed by atoms with E-state index < -0.39 is 0 Å². The van der Waals surface area contributed by atoms with Crippen LogP contribution in [0.3, 0.4) is 0 Å². The molecule has 1 aromatic heterocycles. The third kappa shape index (κ3) is 3.60. The standard InChI is InChI=1S/C13H16N4O2S/c1-18-8-12-15-11(17-14)7-13(16-12)19-9-5-3-4-6-10(9)20-2/h3-7H,8,14H2,1-2H3,(H,15,16,17). The molecule has 1 heterocycles. The number of nitrogens with two attached hydrogens (primary N) is 1. The van der Waals surface area contributed by atoms with E-state index in [1.165, 1.54) is 0 Å². The molecule has 2 rings (SSSR count). The number of nitrogens with one attached hydrogen (secondary N) is 1. The molecule has 20 heavy (non-hydrogen) atoms. The third-order valence-electron chi connectivity index (χ3n) is 2.45. The molecule has 106 valence electrons. The lowest BCUT2D eigenvalue weighted by atomic mass is 10.3. The number of hydrazine groups is 1. The Hall–Kier alpha value is -1.83. The van der Waals surface area contributed by atoms with Crippen molar-refractivity contribution < 1.29 is 9.47 Å². The van der Waals surface area contributed by atoms with Gasteiger partial charge in [-0.1, -0.05) is 12.1 Å². The smallest absolute Gasteiger partial charge is 0.224 e. The zero-order chi connectivity index (χ0) is 14.4. The molecule has 0 saturated carbocycles. The number of nitrogens with zero attached hydrogens (tertiary/aromatic N) is 2. The van der Waals surface area contributed by atoms with Gasteiger partial charge in [0, 0.05) is 18.1 Å². The Bertz CT molecular complexity index is 580. The topological polar surface area (TPSA) is 82.3 Å². The van der Waals surface area contributed by atoms with Crippen LogP contribution in [0.5, 0.6) is 11.6 Å². The zero-order valence-electron chi connectivity index (χ0n) is 11.3. The molecule has 0 spiro atoms. The summed E-state index contributed by atoms with van der Waals surface area (Å²) in [5.41, 5.74) is 2.49. The van der Waals surface area contributed by atoms with Crippen molar-refractivity contribution in [3.05, 3.63) is 36.2 Å². The maximum Gasteiger partial charge on any atom is 0.224 e. The van der Waals surface area contributed by atoms with Crippen molar-refractivity contribution in [1.82, 2.24) is 9.97 Å². The summed E-state index contributed by atoms with van der Waals surface area (Å²) in [5.74, 6) is 7.53. The number of hydrogen-bond donors (Lipinski definition) is 2. The Morgan fingerprint density at radius 3 is 2.80 bits per heavy atom. The average molecular weight is 292 g/mol. The van der Waals surface area contributed by atoms with Gasteiger partial charge in [-0.15, -0.1) is 11.8 Å². The summed E-state index contributed by atoms with van der Waals surface area (Å²) in [5, 5.41) is 0. The molecule has 0 radical (unpaired) electrons. The van der Waals surface area contributed by atoms with Crippen LogP contribution in [0.1, 0.15) is 5.82 Å². The van der Waals surface area contributed by atoms with E-state index in [-0.39, 0.29) is 6.61 Å². The minimum Gasteiger partial charge on any atom is -0.438 e. The quantitative estimate of drug-likeness (QED) is 0.480. The van der Waals surface area contributed by atoms with Gasteiger partial charge in [-0.05, 0) is 18.4 Å². The minimum absolute atomic E-state index is 0.288. The number of methoxy groups -OCH3 is 1. The highest BCUT2D eigenvalue weighted by Crippen LogP contribution is 2.30. The van der Waals surface area contributed by atoms with Gasteiger partial charge in [0.2, 0.25) is 5.88 Å². The Kier molecular flexibility index (Phi) is 5.16. The first kappa shape index (κ1) is 14.6. The average Bonchev–Trinajstić information content (AvgIpc) is 2.48. The van der Waals surface area contributed by atoms with Gasteiger partial charge in [-0.25, -0.2) is 10.8 Å². The molecule has 3 N–H and O–H groups in total. The molecular formula is C13H16N4O2S. The van der Waals surface area contributed by atoms with E-state index in [0.29, 0.717) is 17.5 Å². The maximum absolute atomic E-state index is 5.81. The van der Waals surface area contributed by atoms with Crippen LogP contribution in [0.25, 0.3) is 0 Å². The monoisotopic (exact) mass is 292 g/mol. The lowest BCUT2D eigenvalue weighted by molar-refractivity contribution is 0.177. The molecule has 0 fully saturated rings. The van der Waals surface area contributed by atoms with Gasteiger partial charge in [0.25, 0.3) is 0 Å².